The molecular weight excluding hydrogens is 228 g/mol. The first-order chi connectivity index (χ1) is 8.76. The van der Waals surface area contributed by atoms with Gasteiger partial charge in [0.05, 0.1) is 23.7 Å². The van der Waals surface area contributed by atoms with Gasteiger partial charge in [-0.1, -0.05) is 25.1 Å². The van der Waals surface area contributed by atoms with Crippen molar-refractivity contribution >= 4 is 16.8 Å². The fourth-order valence-electron chi connectivity index (χ4n) is 1.83. The second kappa shape index (κ2) is 5.60. The normalized spacial score (nSPS) is 12.3. The van der Waals surface area contributed by atoms with Crippen LogP contribution in [0.5, 0.6) is 0 Å². The Bertz CT molecular complexity index is 545. The maximum absolute atomic E-state index is 12.1. The Morgan fingerprint density at radius 1 is 1.39 bits per heavy atom. The molecule has 0 aliphatic rings. The Balaban J connectivity index is 2.33. The number of aromatic nitrogens is 1. The molecule has 1 amide bonds. The smallest absolute Gasteiger partial charge is 0.252 e. The van der Waals surface area contributed by atoms with Gasteiger partial charge in [-0.3, -0.25) is 9.78 Å². The van der Waals surface area contributed by atoms with Gasteiger partial charge in [-0.2, -0.15) is 0 Å². The number of aliphatic hydroxyl groups is 1. The first-order valence-corrected chi connectivity index (χ1v) is 6.01. The van der Waals surface area contributed by atoms with E-state index in [2.05, 4.69) is 10.3 Å². The molecule has 1 aromatic carbocycles. The van der Waals surface area contributed by atoms with E-state index in [-0.39, 0.29) is 18.6 Å². The summed E-state index contributed by atoms with van der Waals surface area (Å²) < 4.78 is 0. The highest BCUT2D eigenvalue weighted by atomic mass is 16.3. The average molecular weight is 244 g/mol. The van der Waals surface area contributed by atoms with Crippen LogP contribution in [0.25, 0.3) is 10.9 Å². The van der Waals surface area contributed by atoms with Gasteiger partial charge in [-0.15, -0.1) is 0 Å². The molecule has 0 bridgehead atoms. The number of nitrogens with one attached hydrogen (secondary N) is 1. The van der Waals surface area contributed by atoms with Crippen molar-refractivity contribution in [3.05, 3.63) is 42.1 Å². The quantitative estimate of drug-likeness (QED) is 0.861. The molecule has 1 atom stereocenters. The highest BCUT2D eigenvalue weighted by Gasteiger charge is 2.13. The maximum Gasteiger partial charge on any atom is 0.252 e. The standard InChI is InChI=1S/C14H16N2O2/c1-2-10(9-17)16-14(18)12-7-8-15-13-6-4-3-5-11(12)13/h3-8,10,17H,2,9H2,1H3,(H,16,18)/t10-/m1/s1. The Morgan fingerprint density at radius 3 is 2.89 bits per heavy atom. The SMILES string of the molecule is CC[C@H](CO)NC(=O)c1ccnc2ccccc12. The highest BCUT2D eigenvalue weighted by Crippen LogP contribution is 2.16. The largest absolute Gasteiger partial charge is 0.394 e. The van der Waals surface area contributed by atoms with Crippen molar-refractivity contribution < 1.29 is 9.90 Å². The lowest BCUT2D eigenvalue weighted by Gasteiger charge is -2.14. The summed E-state index contributed by atoms with van der Waals surface area (Å²) in [5.74, 6) is -0.172. The molecule has 0 aliphatic heterocycles. The molecule has 1 heterocycles. The monoisotopic (exact) mass is 244 g/mol. The molecule has 0 saturated heterocycles. The van der Waals surface area contributed by atoms with Crippen LogP contribution in [0.3, 0.4) is 0 Å². The molecule has 0 fully saturated rings. The van der Waals surface area contributed by atoms with E-state index in [0.29, 0.717) is 12.0 Å². The van der Waals surface area contributed by atoms with Crippen molar-refractivity contribution in [2.45, 2.75) is 19.4 Å². The second-order valence-electron chi connectivity index (χ2n) is 4.14. The Morgan fingerprint density at radius 2 is 2.17 bits per heavy atom. The van der Waals surface area contributed by atoms with Crippen LogP contribution in [0.2, 0.25) is 0 Å². The molecule has 2 aromatic rings. The molecule has 0 saturated carbocycles. The third-order valence-corrected chi connectivity index (χ3v) is 2.94. The zero-order valence-electron chi connectivity index (χ0n) is 10.3. The van der Waals surface area contributed by atoms with Crippen LogP contribution < -0.4 is 5.32 Å². The van der Waals surface area contributed by atoms with E-state index >= 15 is 0 Å². The van der Waals surface area contributed by atoms with Gasteiger partial charge in [0, 0.05) is 11.6 Å². The first-order valence-electron chi connectivity index (χ1n) is 6.01. The molecule has 0 radical (unpaired) electrons. The van der Waals surface area contributed by atoms with E-state index in [4.69, 9.17) is 5.11 Å². The Hall–Kier alpha value is -1.94. The minimum Gasteiger partial charge on any atom is -0.394 e. The molecule has 4 heteroatoms. The van der Waals surface area contributed by atoms with Crippen molar-refractivity contribution in [1.82, 2.24) is 10.3 Å². The van der Waals surface area contributed by atoms with Gasteiger partial charge < -0.3 is 10.4 Å². The second-order valence-corrected chi connectivity index (χ2v) is 4.14. The lowest BCUT2D eigenvalue weighted by atomic mass is 10.1. The topological polar surface area (TPSA) is 62.2 Å². The van der Waals surface area contributed by atoms with E-state index < -0.39 is 0 Å². The molecule has 1 aromatic heterocycles. The van der Waals surface area contributed by atoms with Crippen LogP contribution in [-0.2, 0) is 0 Å². The van der Waals surface area contributed by atoms with E-state index in [1.54, 1.807) is 12.3 Å². The van der Waals surface area contributed by atoms with Crippen molar-refractivity contribution in [3.63, 3.8) is 0 Å². The van der Waals surface area contributed by atoms with Gasteiger partial charge in [-0.05, 0) is 18.6 Å². The molecule has 2 rings (SSSR count). The number of rotatable bonds is 4. The van der Waals surface area contributed by atoms with Crippen LogP contribution in [-0.4, -0.2) is 28.6 Å². The summed E-state index contributed by atoms with van der Waals surface area (Å²) in [5.41, 5.74) is 1.38. The number of carbonyl (C=O) groups excluding carboxylic acids is 1. The number of hydrogen-bond acceptors (Lipinski definition) is 3. The molecule has 94 valence electrons. The lowest BCUT2D eigenvalue weighted by molar-refractivity contribution is 0.0916. The van der Waals surface area contributed by atoms with E-state index in [9.17, 15) is 4.79 Å². The summed E-state index contributed by atoms with van der Waals surface area (Å²) in [7, 11) is 0. The first kappa shape index (κ1) is 12.5. The number of hydrogen-bond donors (Lipinski definition) is 2. The van der Waals surface area contributed by atoms with Crippen LogP contribution in [0, 0.1) is 0 Å². The van der Waals surface area contributed by atoms with Gasteiger partial charge >= 0.3 is 0 Å². The van der Waals surface area contributed by atoms with Gasteiger partial charge in [0.1, 0.15) is 0 Å². The van der Waals surface area contributed by atoms with Crippen LogP contribution in [0.4, 0.5) is 0 Å². The number of carbonyl (C=O) groups is 1. The molecule has 4 nitrogen and oxygen atoms in total. The fraction of sp³-hybridized carbons (Fsp3) is 0.286. The summed E-state index contributed by atoms with van der Waals surface area (Å²) in [6.45, 7) is 1.87. The molecule has 18 heavy (non-hydrogen) atoms. The number of fused-ring (bicyclic) bond motifs is 1. The maximum atomic E-state index is 12.1. The van der Waals surface area contributed by atoms with E-state index in [0.717, 1.165) is 10.9 Å². The summed E-state index contributed by atoms with van der Waals surface area (Å²) in [4.78, 5) is 16.4. The number of amides is 1. The lowest BCUT2D eigenvalue weighted by Crippen LogP contribution is -2.37. The summed E-state index contributed by atoms with van der Waals surface area (Å²) in [6, 6.07) is 9.00. The summed E-state index contributed by atoms with van der Waals surface area (Å²) in [5, 5.41) is 12.7. The van der Waals surface area contributed by atoms with Crippen molar-refractivity contribution in [3.8, 4) is 0 Å². The average Bonchev–Trinajstić information content (AvgIpc) is 2.43. The Kier molecular flexibility index (Phi) is 3.89. The van der Waals surface area contributed by atoms with Crippen LogP contribution in [0.1, 0.15) is 23.7 Å². The van der Waals surface area contributed by atoms with Crippen molar-refractivity contribution in [2.24, 2.45) is 0 Å². The third kappa shape index (κ3) is 2.49. The number of pyridine rings is 1. The van der Waals surface area contributed by atoms with Gasteiger partial charge in [0.15, 0.2) is 0 Å². The number of nitrogens with zero attached hydrogens (tertiary/aromatic N) is 1. The predicted octanol–water partition coefficient (Wildman–Crippen LogP) is 1.74. The molecule has 0 spiro atoms. The third-order valence-electron chi connectivity index (χ3n) is 2.94. The number of benzene rings is 1. The summed E-state index contributed by atoms with van der Waals surface area (Å²) >= 11 is 0. The van der Waals surface area contributed by atoms with Gasteiger partial charge in [-0.25, -0.2) is 0 Å². The van der Waals surface area contributed by atoms with Crippen molar-refractivity contribution in [2.75, 3.05) is 6.61 Å². The van der Waals surface area contributed by atoms with Crippen molar-refractivity contribution in [1.29, 1.82) is 0 Å². The summed E-state index contributed by atoms with van der Waals surface area (Å²) in [6.07, 6.45) is 2.32. The Labute approximate surface area is 106 Å². The fourth-order valence-corrected chi connectivity index (χ4v) is 1.83. The zero-order chi connectivity index (χ0) is 13.0. The van der Waals surface area contributed by atoms with Crippen LogP contribution in [0.15, 0.2) is 36.5 Å². The molecular formula is C14H16N2O2. The van der Waals surface area contributed by atoms with E-state index in [1.165, 1.54) is 0 Å². The van der Waals surface area contributed by atoms with Gasteiger partial charge in [0.2, 0.25) is 0 Å². The molecule has 0 unspecified atom stereocenters. The molecule has 0 aliphatic carbocycles. The predicted molar refractivity (Wildman–Crippen MR) is 70.4 cm³/mol. The van der Waals surface area contributed by atoms with Crippen LogP contribution >= 0.6 is 0 Å². The minimum absolute atomic E-state index is 0.0503. The van der Waals surface area contributed by atoms with E-state index in [1.807, 2.05) is 31.2 Å². The zero-order valence-corrected chi connectivity index (χ0v) is 10.3. The highest BCUT2D eigenvalue weighted by molar-refractivity contribution is 6.06. The minimum atomic E-state index is -0.204. The number of para-hydroxylation sites is 1. The number of aliphatic hydroxyl groups excluding tert-OH is 1. The van der Waals surface area contributed by atoms with Gasteiger partial charge in [0.25, 0.3) is 5.91 Å². The molecule has 2 N–H and O–H groups in total.